The zero-order valence-electron chi connectivity index (χ0n) is 15.3. The van der Waals surface area contributed by atoms with E-state index >= 15 is 0 Å². The highest BCUT2D eigenvalue weighted by Crippen LogP contribution is 2.20. The minimum absolute atomic E-state index is 0.00299. The van der Waals surface area contributed by atoms with Crippen molar-refractivity contribution in [3.63, 3.8) is 0 Å². The quantitative estimate of drug-likeness (QED) is 0.788. The summed E-state index contributed by atoms with van der Waals surface area (Å²) in [6, 6.07) is 10.7. The van der Waals surface area contributed by atoms with Gasteiger partial charge in [0.05, 0.1) is 0 Å². The molecule has 0 saturated heterocycles. The van der Waals surface area contributed by atoms with E-state index in [4.69, 9.17) is 4.74 Å². The van der Waals surface area contributed by atoms with Crippen molar-refractivity contribution in [1.29, 1.82) is 0 Å². The molecule has 0 aliphatic carbocycles. The van der Waals surface area contributed by atoms with E-state index in [1.807, 2.05) is 33.8 Å². The predicted octanol–water partition coefficient (Wildman–Crippen LogP) is 4.28. The van der Waals surface area contributed by atoms with Gasteiger partial charge in [-0.1, -0.05) is 44.2 Å². The third-order valence-corrected chi connectivity index (χ3v) is 3.34. The van der Waals surface area contributed by atoms with Crippen molar-refractivity contribution >= 4 is 6.09 Å². The smallest absolute Gasteiger partial charge is 0.407 e. The van der Waals surface area contributed by atoms with Gasteiger partial charge in [0.2, 0.25) is 0 Å². The van der Waals surface area contributed by atoms with Crippen molar-refractivity contribution in [2.45, 2.75) is 65.6 Å². The van der Waals surface area contributed by atoms with E-state index in [9.17, 15) is 4.79 Å². The molecule has 4 heteroatoms. The Bertz CT molecular complexity index is 466. The van der Waals surface area contributed by atoms with Gasteiger partial charge in [0.15, 0.2) is 0 Å². The number of hydrogen-bond acceptors (Lipinski definition) is 3. The van der Waals surface area contributed by atoms with Gasteiger partial charge in [0, 0.05) is 18.6 Å². The maximum absolute atomic E-state index is 11.8. The lowest BCUT2D eigenvalue weighted by Crippen LogP contribution is -2.43. The van der Waals surface area contributed by atoms with Crippen LogP contribution in [0.2, 0.25) is 0 Å². The van der Waals surface area contributed by atoms with Crippen LogP contribution in [0.4, 0.5) is 4.79 Å². The summed E-state index contributed by atoms with van der Waals surface area (Å²) in [4.78, 5) is 11.8. The average molecular weight is 320 g/mol. The molecule has 0 saturated carbocycles. The summed E-state index contributed by atoms with van der Waals surface area (Å²) in [5, 5.41) is 6.44. The fraction of sp³-hybridized carbons (Fsp3) is 0.632. The van der Waals surface area contributed by atoms with Crippen LogP contribution in [0.15, 0.2) is 30.3 Å². The van der Waals surface area contributed by atoms with Crippen molar-refractivity contribution in [2.75, 3.05) is 6.54 Å². The largest absolute Gasteiger partial charge is 0.444 e. The summed E-state index contributed by atoms with van der Waals surface area (Å²) < 4.78 is 5.29. The van der Waals surface area contributed by atoms with E-state index in [0.29, 0.717) is 18.5 Å². The highest BCUT2D eigenvalue weighted by molar-refractivity contribution is 5.68. The molecule has 0 aliphatic rings. The number of benzene rings is 1. The molecule has 0 bridgehead atoms. The van der Waals surface area contributed by atoms with Gasteiger partial charge in [0.25, 0.3) is 0 Å². The summed E-state index contributed by atoms with van der Waals surface area (Å²) in [5.41, 5.74) is 0.812. The van der Waals surface area contributed by atoms with Gasteiger partial charge < -0.3 is 15.4 Å². The standard InChI is InChI=1S/C19H32N2O2/c1-14(2)12-17(16-10-8-7-9-11-16)20-13-15(3)21-18(22)23-19(4,5)6/h7-11,14-15,17,20H,12-13H2,1-6H3,(H,21,22). The Morgan fingerprint density at radius 3 is 2.26 bits per heavy atom. The molecule has 1 amide bonds. The molecule has 0 heterocycles. The Kier molecular flexibility index (Phi) is 7.56. The highest BCUT2D eigenvalue weighted by Gasteiger charge is 2.19. The van der Waals surface area contributed by atoms with Crippen molar-refractivity contribution in [2.24, 2.45) is 5.92 Å². The summed E-state index contributed by atoms with van der Waals surface area (Å²) in [5.74, 6) is 0.599. The number of amides is 1. The first-order chi connectivity index (χ1) is 10.7. The van der Waals surface area contributed by atoms with Gasteiger partial charge in [-0.2, -0.15) is 0 Å². The van der Waals surface area contributed by atoms with E-state index < -0.39 is 5.60 Å². The van der Waals surface area contributed by atoms with E-state index in [-0.39, 0.29) is 12.1 Å². The molecule has 4 nitrogen and oxygen atoms in total. The molecule has 0 aromatic heterocycles. The fourth-order valence-electron chi connectivity index (χ4n) is 2.37. The summed E-state index contributed by atoms with van der Waals surface area (Å²) in [7, 11) is 0. The molecule has 2 unspecified atom stereocenters. The van der Waals surface area contributed by atoms with Crippen molar-refractivity contribution in [3.05, 3.63) is 35.9 Å². The Balaban J connectivity index is 2.52. The Morgan fingerprint density at radius 2 is 1.74 bits per heavy atom. The Morgan fingerprint density at radius 1 is 1.13 bits per heavy atom. The summed E-state index contributed by atoms with van der Waals surface area (Å²) in [6.45, 7) is 12.7. The second-order valence-electron chi connectivity index (χ2n) is 7.55. The normalized spacial score (nSPS) is 14.4. The first-order valence-electron chi connectivity index (χ1n) is 8.45. The number of ether oxygens (including phenoxy) is 1. The molecular formula is C19H32N2O2. The minimum atomic E-state index is -0.471. The van der Waals surface area contributed by atoms with Crippen LogP contribution in [-0.4, -0.2) is 24.3 Å². The van der Waals surface area contributed by atoms with E-state index in [1.54, 1.807) is 0 Å². The van der Waals surface area contributed by atoms with E-state index in [0.717, 1.165) is 6.42 Å². The SMILES string of the molecule is CC(C)CC(NCC(C)NC(=O)OC(C)(C)C)c1ccccc1. The molecule has 1 aromatic rings. The van der Waals surface area contributed by atoms with Gasteiger partial charge in [-0.05, 0) is 45.6 Å². The van der Waals surface area contributed by atoms with Gasteiger partial charge in [-0.25, -0.2) is 4.79 Å². The number of rotatable bonds is 7. The average Bonchev–Trinajstić information content (AvgIpc) is 2.41. The van der Waals surface area contributed by atoms with Crippen LogP contribution in [-0.2, 0) is 4.74 Å². The monoisotopic (exact) mass is 320 g/mol. The van der Waals surface area contributed by atoms with E-state index in [2.05, 4.69) is 48.7 Å². The molecule has 1 aromatic carbocycles. The van der Waals surface area contributed by atoms with Gasteiger partial charge in [-0.15, -0.1) is 0 Å². The van der Waals surface area contributed by atoms with Gasteiger partial charge in [0.1, 0.15) is 5.60 Å². The third kappa shape index (κ3) is 8.60. The number of nitrogens with one attached hydrogen (secondary N) is 2. The van der Waals surface area contributed by atoms with Crippen LogP contribution in [0.5, 0.6) is 0 Å². The van der Waals surface area contributed by atoms with Crippen LogP contribution in [0, 0.1) is 5.92 Å². The third-order valence-electron chi connectivity index (χ3n) is 3.34. The lowest BCUT2D eigenvalue weighted by atomic mass is 9.97. The number of carbonyl (C=O) groups is 1. The summed E-state index contributed by atoms with van der Waals surface area (Å²) >= 11 is 0. The first kappa shape index (κ1) is 19.5. The number of alkyl carbamates (subject to hydrolysis) is 1. The lowest BCUT2D eigenvalue weighted by Gasteiger charge is -2.25. The van der Waals surface area contributed by atoms with Crippen LogP contribution in [0.25, 0.3) is 0 Å². The molecule has 1 rings (SSSR count). The molecule has 23 heavy (non-hydrogen) atoms. The second kappa shape index (κ2) is 8.92. The predicted molar refractivity (Wildman–Crippen MR) is 95.5 cm³/mol. The molecule has 0 radical (unpaired) electrons. The van der Waals surface area contributed by atoms with Crippen molar-refractivity contribution in [1.82, 2.24) is 10.6 Å². The van der Waals surface area contributed by atoms with Crippen LogP contribution < -0.4 is 10.6 Å². The van der Waals surface area contributed by atoms with Gasteiger partial charge in [-0.3, -0.25) is 0 Å². The van der Waals surface area contributed by atoms with E-state index in [1.165, 1.54) is 5.56 Å². The summed E-state index contributed by atoms with van der Waals surface area (Å²) in [6.07, 6.45) is 0.690. The second-order valence-corrected chi connectivity index (χ2v) is 7.55. The van der Waals surface area contributed by atoms with Crippen molar-refractivity contribution < 1.29 is 9.53 Å². The minimum Gasteiger partial charge on any atom is -0.444 e. The van der Waals surface area contributed by atoms with Crippen LogP contribution in [0.1, 0.15) is 59.6 Å². The molecule has 0 fully saturated rings. The molecule has 0 spiro atoms. The zero-order valence-corrected chi connectivity index (χ0v) is 15.3. The molecule has 2 N–H and O–H groups in total. The Hall–Kier alpha value is -1.55. The topological polar surface area (TPSA) is 50.4 Å². The van der Waals surface area contributed by atoms with Crippen LogP contribution in [0.3, 0.4) is 0 Å². The van der Waals surface area contributed by atoms with Crippen LogP contribution >= 0.6 is 0 Å². The number of hydrogen-bond donors (Lipinski definition) is 2. The lowest BCUT2D eigenvalue weighted by molar-refractivity contribution is 0.0507. The zero-order chi connectivity index (χ0) is 17.5. The molecule has 130 valence electrons. The van der Waals surface area contributed by atoms with Gasteiger partial charge >= 0.3 is 6.09 Å². The highest BCUT2D eigenvalue weighted by atomic mass is 16.6. The maximum atomic E-state index is 11.8. The first-order valence-corrected chi connectivity index (χ1v) is 8.45. The Labute approximate surface area is 141 Å². The molecule has 0 aliphatic heterocycles. The van der Waals surface area contributed by atoms with Crippen molar-refractivity contribution in [3.8, 4) is 0 Å². The molecular weight excluding hydrogens is 288 g/mol. The number of carbonyl (C=O) groups excluding carboxylic acids is 1. The maximum Gasteiger partial charge on any atom is 0.407 e. The fourth-order valence-corrected chi connectivity index (χ4v) is 2.37. The molecule has 2 atom stereocenters.